The van der Waals surface area contributed by atoms with E-state index in [9.17, 15) is 13.2 Å². The predicted molar refractivity (Wildman–Crippen MR) is 140 cm³/mol. The first-order valence-electron chi connectivity index (χ1n) is 10.6. The molecule has 34 heavy (non-hydrogen) atoms. The molecular formula is C25H22Cl2N2O3S2. The van der Waals surface area contributed by atoms with Gasteiger partial charge in [-0.3, -0.25) is 9.69 Å². The van der Waals surface area contributed by atoms with Gasteiger partial charge in [0.25, 0.3) is 0 Å². The van der Waals surface area contributed by atoms with Crippen LogP contribution in [0.1, 0.15) is 24.0 Å². The van der Waals surface area contributed by atoms with Crippen LogP contribution in [0.5, 0.6) is 0 Å². The largest absolute Gasteiger partial charge is 0.284 e. The van der Waals surface area contributed by atoms with Crippen molar-refractivity contribution in [3.8, 4) is 0 Å². The molecule has 0 saturated heterocycles. The molecule has 0 bridgehead atoms. The summed E-state index contributed by atoms with van der Waals surface area (Å²) in [5.41, 5.74) is 2.69. The summed E-state index contributed by atoms with van der Waals surface area (Å²) in [5.74, 6) is -0.326. The Hall–Kier alpha value is -2.45. The van der Waals surface area contributed by atoms with Gasteiger partial charge in [-0.15, -0.1) is 0 Å². The summed E-state index contributed by atoms with van der Waals surface area (Å²) in [6.45, 7) is 2.28. The molecule has 0 radical (unpaired) electrons. The third kappa shape index (κ3) is 5.61. The van der Waals surface area contributed by atoms with E-state index >= 15 is 0 Å². The van der Waals surface area contributed by atoms with Crippen LogP contribution in [0, 0.1) is 6.92 Å². The zero-order valence-electron chi connectivity index (χ0n) is 18.4. The van der Waals surface area contributed by atoms with Crippen LogP contribution in [0.4, 0.5) is 5.13 Å². The van der Waals surface area contributed by atoms with Crippen molar-refractivity contribution < 1.29 is 13.2 Å². The number of anilines is 1. The van der Waals surface area contributed by atoms with Crippen molar-refractivity contribution in [2.75, 3.05) is 10.7 Å². The van der Waals surface area contributed by atoms with E-state index in [4.69, 9.17) is 28.2 Å². The molecule has 4 rings (SSSR count). The second kappa shape index (κ2) is 10.4. The number of aromatic nitrogens is 1. The molecule has 0 atom stereocenters. The maximum absolute atomic E-state index is 13.3. The van der Waals surface area contributed by atoms with Gasteiger partial charge in [0.2, 0.25) is 5.91 Å². The number of rotatable bonds is 8. The molecule has 9 heteroatoms. The lowest BCUT2D eigenvalue weighted by Crippen LogP contribution is -2.30. The van der Waals surface area contributed by atoms with E-state index in [0.29, 0.717) is 21.7 Å². The molecule has 5 nitrogen and oxygen atoms in total. The number of hydrogen-bond acceptors (Lipinski definition) is 5. The minimum atomic E-state index is -3.51. The Bertz CT molecular complexity index is 1380. The first-order valence-corrected chi connectivity index (χ1v) is 13.9. The van der Waals surface area contributed by atoms with Crippen LogP contribution in [-0.4, -0.2) is 25.1 Å². The molecule has 3 aromatic carbocycles. The van der Waals surface area contributed by atoms with Gasteiger partial charge in [0.15, 0.2) is 15.0 Å². The number of amides is 1. The second-order valence-electron chi connectivity index (χ2n) is 7.88. The normalized spacial score (nSPS) is 11.6. The lowest BCUT2D eigenvalue weighted by Gasteiger charge is -2.20. The lowest BCUT2D eigenvalue weighted by atomic mass is 10.2. The Labute approximate surface area is 212 Å². The minimum Gasteiger partial charge on any atom is -0.284 e. The van der Waals surface area contributed by atoms with Crippen molar-refractivity contribution in [1.82, 2.24) is 4.98 Å². The molecule has 0 spiro atoms. The zero-order chi connectivity index (χ0) is 24.3. The topological polar surface area (TPSA) is 67.3 Å². The number of thiazole rings is 1. The molecule has 0 N–H and O–H groups in total. The molecule has 0 fully saturated rings. The molecule has 1 amide bonds. The third-order valence-electron chi connectivity index (χ3n) is 5.38. The van der Waals surface area contributed by atoms with Gasteiger partial charge in [-0.1, -0.05) is 70.9 Å². The second-order valence-corrected chi connectivity index (χ2v) is 11.8. The molecule has 1 aromatic heterocycles. The van der Waals surface area contributed by atoms with Gasteiger partial charge in [-0.05, 0) is 54.8 Å². The molecule has 176 valence electrons. The van der Waals surface area contributed by atoms with Crippen LogP contribution in [-0.2, 0) is 21.2 Å². The Morgan fingerprint density at radius 3 is 2.38 bits per heavy atom. The van der Waals surface area contributed by atoms with Gasteiger partial charge in [0, 0.05) is 11.4 Å². The Morgan fingerprint density at radius 2 is 1.71 bits per heavy atom. The van der Waals surface area contributed by atoms with Gasteiger partial charge < -0.3 is 0 Å². The summed E-state index contributed by atoms with van der Waals surface area (Å²) in [6, 6.07) is 19.4. The quantitative estimate of drug-likeness (QED) is 0.253. The number of hydrogen-bond donors (Lipinski definition) is 0. The lowest BCUT2D eigenvalue weighted by molar-refractivity contribution is -0.118. The smallest absolute Gasteiger partial charge is 0.229 e. The number of sulfone groups is 1. The Balaban J connectivity index is 1.55. The fourth-order valence-electron chi connectivity index (χ4n) is 3.54. The van der Waals surface area contributed by atoms with Crippen LogP contribution < -0.4 is 4.90 Å². The summed E-state index contributed by atoms with van der Waals surface area (Å²) in [5, 5.41) is 1.60. The summed E-state index contributed by atoms with van der Waals surface area (Å²) in [7, 11) is -3.51. The van der Waals surface area contributed by atoms with E-state index in [1.165, 1.54) is 23.5 Å². The summed E-state index contributed by atoms with van der Waals surface area (Å²) in [4.78, 5) is 19.8. The molecule has 4 aromatic rings. The van der Waals surface area contributed by atoms with E-state index in [1.54, 1.807) is 17.0 Å². The van der Waals surface area contributed by atoms with Crippen LogP contribution >= 0.6 is 34.5 Å². The van der Waals surface area contributed by atoms with Crippen LogP contribution in [0.2, 0.25) is 10.0 Å². The van der Waals surface area contributed by atoms with Gasteiger partial charge in [-0.25, -0.2) is 13.4 Å². The van der Waals surface area contributed by atoms with Crippen molar-refractivity contribution in [3.63, 3.8) is 0 Å². The zero-order valence-corrected chi connectivity index (χ0v) is 21.5. The molecule has 0 unspecified atom stereocenters. The minimum absolute atomic E-state index is 0.0717. The van der Waals surface area contributed by atoms with Crippen molar-refractivity contribution in [3.05, 3.63) is 87.9 Å². The highest BCUT2D eigenvalue weighted by Gasteiger charge is 2.23. The SMILES string of the molecule is Cc1ccc(Cl)c2sc(N(Cc3ccccc3)C(=O)CCCS(=O)(=O)c3ccc(Cl)cc3)nc12. The average Bonchev–Trinajstić information content (AvgIpc) is 3.27. The van der Waals surface area contributed by atoms with E-state index in [-0.39, 0.29) is 29.4 Å². The Kier molecular flexibility index (Phi) is 7.57. The standard InChI is InChI=1S/C25H22Cl2N2O3S2/c1-17-9-14-21(27)24-23(17)28-25(33-24)29(16-18-6-3-2-4-7-18)22(30)8-5-15-34(31,32)20-12-10-19(26)11-13-20/h2-4,6-7,9-14H,5,8,15-16H2,1H3. The highest BCUT2D eigenvalue weighted by atomic mass is 35.5. The number of carbonyl (C=O) groups excluding carboxylic acids is 1. The maximum Gasteiger partial charge on any atom is 0.229 e. The van der Waals surface area contributed by atoms with Gasteiger partial charge in [-0.2, -0.15) is 0 Å². The van der Waals surface area contributed by atoms with Crippen molar-refractivity contribution in [2.24, 2.45) is 0 Å². The first-order chi connectivity index (χ1) is 16.2. The van der Waals surface area contributed by atoms with Gasteiger partial charge in [0.05, 0.1) is 32.4 Å². The summed E-state index contributed by atoms with van der Waals surface area (Å²) >= 11 is 13.6. The number of aryl methyl sites for hydroxylation is 1. The molecule has 0 aliphatic rings. The number of fused-ring (bicyclic) bond motifs is 1. The van der Waals surface area contributed by atoms with E-state index in [1.807, 2.05) is 49.4 Å². The fourth-order valence-corrected chi connectivity index (χ4v) is 6.31. The number of halogens is 2. The van der Waals surface area contributed by atoms with E-state index in [2.05, 4.69) is 0 Å². The van der Waals surface area contributed by atoms with Gasteiger partial charge >= 0.3 is 0 Å². The summed E-state index contributed by atoms with van der Waals surface area (Å²) < 4.78 is 26.1. The van der Waals surface area contributed by atoms with E-state index in [0.717, 1.165) is 21.3 Å². The molecular weight excluding hydrogens is 511 g/mol. The highest BCUT2D eigenvalue weighted by molar-refractivity contribution is 7.91. The van der Waals surface area contributed by atoms with E-state index < -0.39 is 9.84 Å². The number of benzene rings is 3. The average molecular weight is 534 g/mol. The van der Waals surface area contributed by atoms with Crippen molar-refractivity contribution in [2.45, 2.75) is 31.2 Å². The van der Waals surface area contributed by atoms with Gasteiger partial charge in [0.1, 0.15) is 0 Å². The first kappa shape index (κ1) is 24.7. The predicted octanol–water partition coefficient (Wildman–Crippen LogP) is 6.70. The highest BCUT2D eigenvalue weighted by Crippen LogP contribution is 2.36. The fraction of sp³-hybridized carbons (Fsp3) is 0.200. The monoisotopic (exact) mass is 532 g/mol. The van der Waals surface area contributed by atoms with Crippen LogP contribution in [0.25, 0.3) is 10.2 Å². The van der Waals surface area contributed by atoms with Crippen LogP contribution in [0.15, 0.2) is 71.6 Å². The molecule has 0 aliphatic heterocycles. The maximum atomic E-state index is 13.3. The van der Waals surface area contributed by atoms with Crippen molar-refractivity contribution >= 4 is 65.6 Å². The number of carbonyl (C=O) groups is 1. The molecule has 0 saturated carbocycles. The molecule has 1 heterocycles. The number of nitrogens with zero attached hydrogens (tertiary/aromatic N) is 2. The third-order valence-corrected chi connectivity index (χ3v) is 8.99. The van der Waals surface area contributed by atoms with Crippen molar-refractivity contribution in [1.29, 1.82) is 0 Å². The van der Waals surface area contributed by atoms with Crippen LogP contribution in [0.3, 0.4) is 0 Å². The Morgan fingerprint density at radius 1 is 1.00 bits per heavy atom. The molecule has 0 aliphatic carbocycles. The summed E-state index contributed by atoms with van der Waals surface area (Å²) in [6.07, 6.45) is 0.266.